The Bertz CT molecular complexity index is 381. The third-order valence-corrected chi connectivity index (χ3v) is 4.25. The maximum atomic E-state index is 11.1. The van der Waals surface area contributed by atoms with Gasteiger partial charge >= 0.3 is 6.09 Å². The Hall–Kier alpha value is -1.30. The molecule has 0 aromatic rings. The number of carbonyl (C=O) groups is 1. The van der Waals surface area contributed by atoms with Gasteiger partial charge in [-0.15, -0.1) is 0 Å². The first-order valence-corrected chi connectivity index (χ1v) is 6.91. The van der Waals surface area contributed by atoms with Crippen molar-refractivity contribution in [1.82, 2.24) is 5.43 Å². The van der Waals surface area contributed by atoms with E-state index >= 15 is 0 Å². The van der Waals surface area contributed by atoms with E-state index in [0.29, 0.717) is 0 Å². The van der Waals surface area contributed by atoms with Crippen LogP contribution in [0.3, 0.4) is 0 Å². The first kappa shape index (κ1) is 14.1. The van der Waals surface area contributed by atoms with Crippen molar-refractivity contribution in [2.24, 2.45) is 22.7 Å². The predicted octanol–water partition coefficient (Wildman–Crippen LogP) is 1.33. The Morgan fingerprint density at radius 3 is 2.84 bits per heavy atom. The zero-order chi connectivity index (χ0) is 14.0. The number of nitrogens with one attached hydrogen (secondary N) is 1. The largest absolute Gasteiger partial charge is 0.446 e. The van der Waals surface area contributed by atoms with Crippen molar-refractivity contribution in [2.75, 3.05) is 0 Å². The highest BCUT2D eigenvalue weighted by Crippen LogP contribution is 2.39. The molecule has 1 fully saturated rings. The molecule has 2 aliphatic rings. The fraction of sp³-hybridized carbons (Fsp3) is 0.846. The van der Waals surface area contributed by atoms with Crippen LogP contribution in [-0.2, 0) is 4.74 Å². The van der Waals surface area contributed by atoms with Crippen LogP contribution < -0.4 is 11.2 Å². The average molecular weight is 269 g/mol. The standard InChI is InChI=1S/C13H23N3O3/c1-8-9-6-4-3-5-7-10(19-12(14)17)11(9)13(2,18)16-15-8/h9-11,16,18H,3-7H2,1-2H3,(H2,14,17). The summed E-state index contributed by atoms with van der Waals surface area (Å²) in [5, 5.41) is 14.7. The third-order valence-electron chi connectivity index (χ3n) is 4.25. The number of primary amides is 1. The molecule has 6 heteroatoms. The summed E-state index contributed by atoms with van der Waals surface area (Å²) in [5.41, 5.74) is 7.71. The molecule has 6 nitrogen and oxygen atoms in total. The van der Waals surface area contributed by atoms with Crippen LogP contribution in [0.15, 0.2) is 5.10 Å². The van der Waals surface area contributed by atoms with Crippen molar-refractivity contribution >= 4 is 11.8 Å². The van der Waals surface area contributed by atoms with Crippen LogP contribution in [0.5, 0.6) is 0 Å². The number of hydrogen-bond acceptors (Lipinski definition) is 5. The van der Waals surface area contributed by atoms with Gasteiger partial charge in [-0.3, -0.25) is 5.43 Å². The quantitative estimate of drug-likeness (QED) is 0.669. The summed E-state index contributed by atoms with van der Waals surface area (Å²) in [6, 6.07) is 0. The number of carbonyl (C=O) groups excluding carboxylic acids is 1. The highest BCUT2D eigenvalue weighted by Gasteiger charge is 2.48. The number of amides is 1. The van der Waals surface area contributed by atoms with Crippen molar-refractivity contribution in [3.8, 4) is 0 Å². The zero-order valence-corrected chi connectivity index (χ0v) is 11.6. The number of nitrogens with two attached hydrogens (primary N) is 1. The Labute approximate surface area is 113 Å². The van der Waals surface area contributed by atoms with Gasteiger partial charge in [0, 0.05) is 11.6 Å². The van der Waals surface area contributed by atoms with E-state index in [0.717, 1.165) is 37.8 Å². The van der Waals surface area contributed by atoms with E-state index < -0.39 is 11.8 Å². The minimum Gasteiger partial charge on any atom is -0.446 e. The number of nitrogens with zero attached hydrogens (tertiary/aromatic N) is 1. The van der Waals surface area contributed by atoms with Crippen LogP contribution in [0.2, 0.25) is 0 Å². The molecule has 4 N–H and O–H groups in total. The lowest BCUT2D eigenvalue weighted by atomic mass is 9.72. The number of fused-ring (bicyclic) bond motifs is 1. The molecule has 0 aromatic carbocycles. The maximum Gasteiger partial charge on any atom is 0.404 e. The van der Waals surface area contributed by atoms with E-state index in [4.69, 9.17) is 10.5 Å². The number of hydrazone groups is 1. The zero-order valence-electron chi connectivity index (χ0n) is 11.6. The molecule has 0 radical (unpaired) electrons. The number of aliphatic hydroxyl groups is 1. The molecule has 0 spiro atoms. The van der Waals surface area contributed by atoms with E-state index in [2.05, 4.69) is 10.5 Å². The highest BCUT2D eigenvalue weighted by atomic mass is 16.6. The minimum atomic E-state index is -1.18. The Morgan fingerprint density at radius 2 is 2.16 bits per heavy atom. The fourth-order valence-electron chi connectivity index (χ4n) is 3.37. The van der Waals surface area contributed by atoms with Gasteiger partial charge in [0.15, 0.2) is 5.72 Å². The molecule has 1 aliphatic carbocycles. The van der Waals surface area contributed by atoms with Crippen LogP contribution in [-0.4, -0.2) is 28.7 Å². The molecule has 19 heavy (non-hydrogen) atoms. The molecule has 1 saturated carbocycles. The molecular weight excluding hydrogens is 246 g/mol. The molecule has 108 valence electrons. The summed E-state index contributed by atoms with van der Waals surface area (Å²) in [5.74, 6) is -0.0845. The van der Waals surface area contributed by atoms with Gasteiger partial charge in [-0.25, -0.2) is 4.79 Å². The van der Waals surface area contributed by atoms with Crippen LogP contribution in [0.25, 0.3) is 0 Å². The van der Waals surface area contributed by atoms with Gasteiger partial charge in [0.25, 0.3) is 0 Å². The Morgan fingerprint density at radius 1 is 1.47 bits per heavy atom. The summed E-state index contributed by atoms with van der Waals surface area (Å²) >= 11 is 0. The normalized spacial score (nSPS) is 39.1. The molecule has 0 aromatic heterocycles. The first-order valence-electron chi connectivity index (χ1n) is 6.91. The maximum absolute atomic E-state index is 11.1. The Kier molecular flexibility index (Phi) is 3.99. The smallest absolute Gasteiger partial charge is 0.404 e. The van der Waals surface area contributed by atoms with Crippen molar-refractivity contribution in [2.45, 2.75) is 57.8 Å². The lowest BCUT2D eigenvalue weighted by molar-refractivity contribution is -0.108. The lowest BCUT2D eigenvalue weighted by Gasteiger charge is -2.45. The molecule has 1 heterocycles. The lowest BCUT2D eigenvalue weighted by Crippen LogP contribution is -2.59. The number of ether oxygens (including phenoxy) is 1. The van der Waals surface area contributed by atoms with Crippen molar-refractivity contribution < 1.29 is 14.6 Å². The highest BCUT2D eigenvalue weighted by molar-refractivity contribution is 5.85. The summed E-state index contributed by atoms with van der Waals surface area (Å²) in [7, 11) is 0. The summed E-state index contributed by atoms with van der Waals surface area (Å²) in [4.78, 5) is 11.1. The summed E-state index contributed by atoms with van der Waals surface area (Å²) < 4.78 is 5.26. The molecule has 1 aliphatic heterocycles. The van der Waals surface area contributed by atoms with Crippen LogP contribution in [0.1, 0.15) is 46.0 Å². The molecule has 4 atom stereocenters. The second-order valence-electron chi connectivity index (χ2n) is 5.76. The van der Waals surface area contributed by atoms with Crippen molar-refractivity contribution in [3.05, 3.63) is 0 Å². The Balaban J connectivity index is 2.30. The van der Waals surface area contributed by atoms with Crippen LogP contribution in [0, 0.1) is 11.8 Å². The van der Waals surface area contributed by atoms with Gasteiger partial charge in [-0.2, -0.15) is 5.10 Å². The summed E-state index contributed by atoms with van der Waals surface area (Å²) in [6.45, 7) is 3.63. The third kappa shape index (κ3) is 3.00. The van der Waals surface area contributed by atoms with Crippen molar-refractivity contribution in [3.63, 3.8) is 0 Å². The van der Waals surface area contributed by atoms with Gasteiger partial charge in [0.2, 0.25) is 0 Å². The number of rotatable bonds is 1. The number of hydrogen-bond donors (Lipinski definition) is 3. The fourth-order valence-corrected chi connectivity index (χ4v) is 3.37. The molecular formula is C13H23N3O3. The second kappa shape index (κ2) is 5.36. The molecule has 0 bridgehead atoms. The van der Waals surface area contributed by atoms with E-state index in [1.807, 2.05) is 6.92 Å². The molecule has 0 saturated heterocycles. The van der Waals surface area contributed by atoms with Gasteiger partial charge < -0.3 is 15.6 Å². The van der Waals surface area contributed by atoms with E-state index in [1.54, 1.807) is 6.92 Å². The van der Waals surface area contributed by atoms with Gasteiger partial charge in [0.1, 0.15) is 6.10 Å². The summed E-state index contributed by atoms with van der Waals surface area (Å²) in [6.07, 6.45) is 3.73. The van der Waals surface area contributed by atoms with Crippen LogP contribution in [0.4, 0.5) is 4.79 Å². The van der Waals surface area contributed by atoms with Crippen LogP contribution >= 0.6 is 0 Å². The van der Waals surface area contributed by atoms with Gasteiger partial charge in [0.05, 0.1) is 5.92 Å². The van der Waals surface area contributed by atoms with Crippen molar-refractivity contribution in [1.29, 1.82) is 0 Å². The average Bonchev–Trinajstić information content (AvgIpc) is 2.27. The molecule has 4 unspecified atom stereocenters. The van der Waals surface area contributed by atoms with E-state index in [-0.39, 0.29) is 17.9 Å². The molecule has 2 rings (SSSR count). The van der Waals surface area contributed by atoms with E-state index in [1.165, 1.54) is 0 Å². The topological polar surface area (TPSA) is 96.9 Å². The SMILES string of the molecule is CC1=NNC(C)(O)C2C(OC(N)=O)CCCCCC12. The van der Waals surface area contributed by atoms with Gasteiger partial charge in [-0.05, 0) is 33.1 Å². The monoisotopic (exact) mass is 269 g/mol. The second-order valence-corrected chi connectivity index (χ2v) is 5.76. The van der Waals surface area contributed by atoms with Gasteiger partial charge in [-0.1, -0.05) is 12.8 Å². The van der Waals surface area contributed by atoms with E-state index in [9.17, 15) is 9.90 Å². The predicted molar refractivity (Wildman–Crippen MR) is 71.4 cm³/mol. The minimum absolute atomic E-state index is 0.126. The molecule has 1 amide bonds. The first-order chi connectivity index (χ1) is 8.92.